The van der Waals surface area contributed by atoms with Gasteiger partial charge >= 0.3 is 12.0 Å². The molecule has 0 heterocycles. The number of carbonyl (C=O) groups is 2. The summed E-state index contributed by atoms with van der Waals surface area (Å²) < 4.78 is 1.04. The van der Waals surface area contributed by atoms with Crippen LogP contribution in [0.1, 0.15) is 30.7 Å². The summed E-state index contributed by atoms with van der Waals surface area (Å²) in [6.45, 7) is 0.383. The first kappa shape index (κ1) is 14.8. The van der Waals surface area contributed by atoms with E-state index in [1.807, 2.05) is 12.1 Å². The van der Waals surface area contributed by atoms with Crippen LogP contribution in [0.15, 0.2) is 28.7 Å². The lowest BCUT2D eigenvalue weighted by Crippen LogP contribution is -2.37. The minimum absolute atomic E-state index is 0.0746. The van der Waals surface area contributed by atoms with Crippen molar-refractivity contribution in [3.8, 4) is 0 Å². The van der Waals surface area contributed by atoms with Crippen LogP contribution in [0, 0.1) is 0 Å². The van der Waals surface area contributed by atoms with Gasteiger partial charge in [0.2, 0.25) is 0 Å². The van der Waals surface area contributed by atoms with Gasteiger partial charge in [0.1, 0.15) is 0 Å². The van der Waals surface area contributed by atoms with Crippen LogP contribution in [0.5, 0.6) is 0 Å². The predicted octanol–water partition coefficient (Wildman–Crippen LogP) is 2.47. The highest BCUT2D eigenvalue weighted by atomic mass is 79.9. The number of halogens is 1. The van der Waals surface area contributed by atoms with E-state index in [1.54, 1.807) is 0 Å². The van der Waals surface area contributed by atoms with Crippen molar-refractivity contribution in [3.63, 3.8) is 0 Å². The Morgan fingerprint density at radius 2 is 2.00 bits per heavy atom. The summed E-state index contributed by atoms with van der Waals surface area (Å²) in [5, 5.41) is 14.0. The summed E-state index contributed by atoms with van der Waals surface area (Å²) in [6.07, 6.45) is 1.47. The number of rotatable bonds is 6. The first-order valence-corrected chi connectivity index (χ1v) is 7.37. The molecular formula is C14H17BrN2O3. The second-order valence-corrected chi connectivity index (χ2v) is 5.81. The molecule has 2 atom stereocenters. The zero-order chi connectivity index (χ0) is 14.5. The topological polar surface area (TPSA) is 78.4 Å². The number of carboxylic acids is 1. The number of hydrogen-bond donors (Lipinski definition) is 3. The molecule has 0 radical (unpaired) electrons. The van der Waals surface area contributed by atoms with Crippen LogP contribution in [-0.4, -0.2) is 29.7 Å². The molecule has 108 valence electrons. The molecule has 20 heavy (non-hydrogen) atoms. The first-order chi connectivity index (χ1) is 9.56. The van der Waals surface area contributed by atoms with E-state index in [0.717, 1.165) is 10.9 Å². The van der Waals surface area contributed by atoms with Crippen molar-refractivity contribution in [2.75, 3.05) is 6.54 Å². The normalized spacial score (nSPS) is 20.2. The van der Waals surface area contributed by atoms with E-state index >= 15 is 0 Å². The Labute approximate surface area is 125 Å². The van der Waals surface area contributed by atoms with Crippen LogP contribution in [0.4, 0.5) is 4.79 Å². The Kier molecular flexibility index (Phi) is 5.00. The number of aliphatic carboxylic acids is 1. The molecule has 5 nitrogen and oxygen atoms in total. The molecule has 1 saturated carbocycles. The number of benzene rings is 1. The molecule has 1 aromatic carbocycles. The zero-order valence-corrected chi connectivity index (χ0v) is 12.5. The van der Waals surface area contributed by atoms with Crippen LogP contribution < -0.4 is 10.6 Å². The van der Waals surface area contributed by atoms with E-state index < -0.39 is 5.97 Å². The van der Waals surface area contributed by atoms with Crippen LogP contribution in [0.3, 0.4) is 0 Å². The highest BCUT2D eigenvalue weighted by Gasteiger charge is 2.39. The van der Waals surface area contributed by atoms with Gasteiger partial charge in [-0.25, -0.2) is 4.79 Å². The van der Waals surface area contributed by atoms with Crippen molar-refractivity contribution in [1.29, 1.82) is 0 Å². The number of nitrogens with one attached hydrogen (secondary N) is 2. The van der Waals surface area contributed by atoms with Crippen molar-refractivity contribution in [2.45, 2.75) is 31.2 Å². The Morgan fingerprint density at radius 3 is 2.65 bits per heavy atom. The van der Waals surface area contributed by atoms with Gasteiger partial charge in [-0.2, -0.15) is 0 Å². The molecular weight excluding hydrogens is 324 g/mol. The molecule has 2 rings (SSSR count). The second-order valence-electron chi connectivity index (χ2n) is 4.90. The molecule has 0 saturated heterocycles. The van der Waals surface area contributed by atoms with Gasteiger partial charge in [-0.3, -0.25) is 4.79 Å². The summed E-state index contributed by atoms with van der Waals surface area (Å²) in [5.74, 6) is -0.461. The SMILES string of the molecule is O=C(O)CCCNC(=O)N[C@@H]1C[C@H]1c1ccc(Br)cc1. The van der Waals surface area contributed by atoms with Crippen LogP contribution in [0.2, 0.25) is 0 Å². The molecule has 0 bridgehead atoms. The van der Waals surface area contributed by atoms with Gasteiger partial charge in [-0.1, -0.05) is 28.1 Å². The van der Waals surface area contributed by atoms with Gasteiger partial charge in [0.05, 0.1) is 0 Å². The van der Waals surface area contributed by atoms with Crippen LogP contribution in [0.25, 0.3) is 0 Å². The van der Waals surface area contributed by atoms with Crippen LogP contribution >= 0.6 is 15.9 Å². The van der Waals surface area contributed by atoms with Crippen LogP contribution in [-0.2, 0) is 4.79 Å². The minimum Gasteiger partial charge on any atom is -0.481 e. The number of carbonyl (C=O) groups excluding carboxylic acids is 1. The lowest BCUT2D eigenvalue weighted by molar-refractivity contribution is -0.137. The van der Waals surface area contributed by atoms with Crippen molar-refractivity contribution < 1.29 is 14.7 Å². The molecule has 0 aliphatic heterocycles. The number of amides is 2. The van der Waals surface area contributed by atoms with Gasteiger partial charge in [0.25, 0.3) is 0 Å². The molecule has 2 amide bonds. The van der Waals surface area contributed by atoms with E-state index in [9.17, 15) is 9.59 Å². The molecule has 1 aromatic rings. The smallest absolute Gasteiger partial charge is 0.315 e. The van der Waals surface area contributed by atoms with Gasteiger partial charge in [0.15, 0.2) is 0 Å². The van der Waals surface area contributed by atoms with Crippen molar-refractivity contribution in [2.24, 2.45) is 0 Å². The third-order valence-corrected chi connectivity index (χ3v) is 3.79. The Bertz CT molecular complexity index is 490. The van der Waals surface area contributed by atoms with E-state index in [0.29, 0.717) is 18.9 Å². The summed E-state index contributed by atoms with van der Waals surface area (Å²) in [6, 6.07) is 8.06. The predicted molar refractivity (Wildman–Crippen MR) is 78.7 cm³/mol. The molecule has 1 aliphatic carbocycles. The maximum atomic E-state index is 11.6. The maximum absolute atomic E-state index is 11.6. The van der Waals surface area contributed by atoms with Gasteiger partial charge in [-0.15, -0.1) is 0 Å². The van der Waals surface area contributed by atoms with Crippen molar-refractivity contribution >= 4 is 27.9 Å². The first-order valence-electron chi connectivity index (χ1n) is 6.58. The largest absolute Gasteiger partial charge is 0.481 e. The molecule has 1 aliphatic rings. The number of hydrogen-bond acceptors (Lipinski definition) is 2. The highest BCUT2D eigenvalue weighted by Crippen LogP contribution is 2.40. The van der Waals surface area contributed by atoms with Crippen molar-refractivity contribution in [3.05, 3.63) is 34.3 Å². The van der Waals surface area contributed by atoms with Gasteiger partial charge in [0, 0.05) is 29.4 Å². The number of urea groups is 1. The molecule has 0 spiro atoms. The standard InChI is InChI=1S/C14H17BrN2O3/c15-10-5-3-9(4-6-10)11-8-12(11)17-14(20)16-7-1-2-13(18)19/h3-6,11-12H,1-2,7-8H2,(H,18,19)(H2,16,17,20)/t11-,12+/m0/s1. The molecule has 3 N–H and O–H groups in total. The highest BCUT2D eigenvalue weighted by molar-refractivity contribution is 9.10. The quantitative estimate of drug-likeness (QED) is 0.696. The van der Waals surface area contributed by atoms with E-state index in [2.05, 4.69) is 38.7 Å². The average molecular weight is 341 g/mol. The summed E-state index contributed by atoms with van der Waals surface area (Å²) in [7, 11) is 0. The average Bonchev–Trinajstić information content (AvgIpc) is 3.14. The number of carboxylic acid groups (broad SMARTS) is 1. The Balaban J connectivity index is 1.67. The summed E-state index contributed by atoms with van der Waals surface area (Å²) in [5.41, 5.74) is 1.23. The molecule has 1 fully saturated rings. The second kappa shape index (κ2) is 6.74. The van der Waals surface area contributed by atoms with Gasteiger partial charge in [-0.05, 0) is 30.5 Å². The fourth-order valence-corrected chi connectivity index (χ4v) is 2.36. The third-order valence-electron chi connectivity index (χ3n) is 3.26. The molecule has 0 aromatic heterocycles. The fraction of sp³-hybridized carbons (Fsp3) is 0.429. The monoisotopic (exact) mass is 340 g/mol. The fourth-order valence-electron chi connectivity index (χ4n) is 2.09. The zero-order valence-electron chi connectivity index (χ0n) is 10.9. The Morgan fingerprint density at radius 1 is 1.30 bits per heavy atom. The van der Waals surface area contributed by atoms with Gasteiger partial charge < -0.3 is 15.7 Å². The van der Waals surface area contributed by atoms with Crippen molar-refractivity contribution in [1.82, 2.24) is 10.6 Å². The van der Waals surface area contributed by atoms with E-state index in [-0.39, 0.29) is 18.5 Å². The van der Waals surface area contributed by atoms with E-state index in [1.165, 1.54) is 5.56 Å². The summed E-state index contributed by atoms with van der Waals surface area (Å²) in [4.78, 5) is 21.9. The molecule has 0 unspecified atom stereocenters. The molecule has 6 heteroatoms. The Hall–Kier alpha value is -1.56. The maximum Gasteiger partial charge on any atom is 0.315 e. The minimum atomic E-state index is -0.843. The summed E-state index contributed by atoms with van der Waals surface area (Å²) >= 11 is 3.39. The van der Waals surface area contributed by atoms with E-state index in [4.69, 9.17) is 5.11 Å². The lowest BCUT2D eigenvalue weighted by atomic mass is 10.1. The lowest BCUT2D eigenvalue weighted by Gasteiger charge is -2.07. The third kappa shape index (κ3) is 4.52.